The molecular formula is C30H32N2O. The van der Waals surface area contributed by atoms with Crippen LogP contribution in [0.4, 0.5) is 0 Å². The van der Waals surface area contributed by atoms with Gasteiger partial charge >= 0.3 is 0 Å². The molecule has 0 radical (unpaired) electrons. The van der Waals surface area contributed by atoms with E-state index in [4.69, 9.17) is 5.73 Å². The van der Waals surface area contributed by atoms with E-state index in [9.17, 15) is 4.79 Å². The number of nitrogens with two attached hydrogens (primary N) is 1. The van der Waals surface area contributed by atoms with Crippen molar-refractivity contribution in [3.8, 4) is 0 Å². The van der Waals surface area contributed by atoms with E-state index in [0.717, 1.165) is 29.9 Å². The van der Waals surface area contributed by atoms with E-state index in [-0.39, 0.29) is 5.78 Å². The Kier molecular flexibility index (Phi) is 11.6. The third-order valence-corrected chi connectivity index (χ3v) is 4.48. The molecule has 0 fully saturated rings. The maximum absolute atomic E-state index is 11.8. The number of carbonyl (C=O) groups excluding carboxylic acids is 1. The van der Waals surface area contributed by atoms with Gasteiger partial charge in [-0.2, -0.15) is 0 Å². The summed E-state index contributed by atoms with van der Waals surface area (Å²) in [6.07, 6.45) is 0. The molecule has 0 saturated carbocycles. The summed E-state index contributed by atoms with van der Waals surface area (Å²) in [6, 6.07) is 39.2. The van der Waals surface area contributed by atoms with Crippen LogP contribution in [-0.4, -0.2) is 24.6 Å². The van der Waals surface area contributed by atoms with Crippen molar-refractivity contribution in [2.45, 2.75) is 13.8 Å². The summed E-state index contributed by atoms with van der Waals surface area (Å²) in [7, 11) is 0. The Hall–Kier alpha value is -3.82. The first kappa shape index (κ1) is 25.4. The van der Waals surface area contributed by atoms with E-state index in [1.165, 1.54) is 11.1 Å². The van der Waals surface area contributed by atoms with Crippen LogP contribution in [0.2, 0.25) is 0 Å². The quantitative estimate of drug-likeness (QED) is 0.290. The first-order chi connectivity index (χ1) is 16.2. The van der Waals surface area contributed by atoms with Crippen molar-refractivity contribution in [2.75, 3.05) is 13.1 Å². The van der Waals surface area contributed by atoms with E-state index < -0.39 is 0 Å². The first-order valence-corrected chi connectivity index (χ1v) is 11.2. The molecule has 4 aromatic rings. The third-order valence-electron chi connectivity index (χ3n) is 4.48. The van der Waals surface area contributed by atoms with Gasteiger partial charge in [-0.25, -0.2) is 0 Å². The highest BCUT2D eigenvalue weighted by molar-refractivity contribution is 6.12. The Morgan fingerprint density at radius 3 is 1.12 bits per heavy atom. The average molecular weight is 437 g/mol. The summed E-state index contributed by atoms with van der Waals surface area (Å²) in [4.78, 5) is 16.4. The van der Waals surface area contributed by atoms with Crippen LogP contribution in [0.15, 0.2) is 126 Å². The summed E-state index contributed by atoms with van der Waals surface area (Å²) in [5, 5.41) is 0. The van der Waals surface area contributed by atoms with Gasteiger partial charge in [0, 0.05) is 28.8 Å². The Morgan fingerprint density at radius 2 is 0.848 bits per heavy atom. The fraction of sp³-hybridized carbons (Fsp3) is 0.133. The summed E-state index contributed by atoms with van der Waals surface area (Å²) in [6.45, 7) is 5.52. The number of benzene rings is 4. The summed E-state index contributed by atoms with van der Waals surface area (Å²) in [5.41, 5.74) is 9.74. The van der Waals surface area contributed by atoms with Gasteiger partial charge in [-0.15, -0.1) is 0 Å². The Balaban J connectivity index is 0.000000210. The van der Waals surface area contributed by atoms with Crippen molar-refractivity contribution < 1.29 is 4.79 Å². The second-order valence-corrected chi connectivity index (χ2v) is 7.02. The van der Waals surface area contributed by atoms with Gasteiger partial charge in [-0.1, -0.05) is 128 Å². The van der Waals surface area contributed by atoms with Crippen LogP contribution in [0.5, 0.6) is 0 Å². The lowest BCUT2D eigenvalue weighted by atomic mass is 10.0. The molecule has 0 unspecified atom stereocenters. The molecule has 4 aromatic carbocycles. The summed E-state index contributed by atoms with van der Waals surface area (Å²) < 4.78 is 0. The van der Waals surface area contributed by atoms with Crippen molar-refractivity contribution in [3.05, 3.63) is 144 Å². The lowest BCUT2D eigenvalue weighted by molar-refractivity contribution is 0.103. The third kappa shape index (κ3) is 8.68. The van der Waals surface area contributed by atoms with Gasteiger partial charge in [0.25, 0.3) is 0 Å². The molecule has 0 amide bonds. The van der Waals surface area contributed by atoms with Gasteiger partial charge in [0.2, 0.25) is 0 Å². The van der Waals surface area contributed by atoms with Crippen LogP contribution in [0.1, 0.15) is 40.9 Å². The lowest BCUT2D eigenvalue weighted by Crippen LogP contribution is -2.03. The normalized spacial score (nSPS) is 9.42. The highest BCUT2D eigenvalue weighted by Crippen LogP contribution is 2.11. The number of carbonyl (C=O) groups is 1. The Bertz CT molecular complexity index is 994. The molecule has 0 spiro atoms. The first-order valence-electron chi connectivity index (χ1n) is 11.2. The highest BCUT2D eigenvalue weighted by atomic mass is 16.1. The largest absolute Gasteiger partial charge is 0.331 e. The van der Waals surface area contributed by atoms with Gasteiger partial charge in [-0.05, 0) is 13.5 Å². The average Bonchev–Trinajstić information content (AvgIpc) is 2.90. The number of hydrogen-bond donors (Lipinski definition) is 1. The molecule has 0 aliphatic heterocycles. The van der Waals surface area contributed by atoms with Crippen molar-refractivity contribution in [3.63, 3.8) is 0 Å². The number of rotatable bonds is 5. The van der Waals surface area contributed by atoms with Gasteiger partial charge in [0.05, 0.1) is 5.71 Å². The topological polar surface area (TPSA) is 55.4 Å². The molecule has 33 heavy (non-hydrogen) atoms. The number of nitrogens with zero attached hydrogens (tertiary/aromatic N) is 1. The monoisotopic (exact) mass is 436 g/mol. The molecule has 0 heterocycles. The highest BCUT2D eigenvalue weighted by Gasteiger charge is 2.06. The van der Waals surface area contributed by atoms with E-state index in [2.05, 4.69) is 36.2 Å². The SMILES string of the molecule is CCN.CCN=C(c1ccccc1)c1ccccc1.O=C(c1ccccc1)c1ccccc1. The molecule has 0 aliphatic carbocycles. The van der Waals surface area contributed by atoms with E-state index in [1.54, 1.807) is 0 Å². The fourth-order valence-corrected chi connectivity index (χ4v) is 3.05. The second kappa shape index (κ2) is 15.1. The number of hydrogen-bond acceptors (Lipinski definition) is 3. The predicted octanol–water partition coefficient (Wildman–Crippen LogP) is 6.43. The molecule has 168 valence electrons. The zero-order valence-corrected chi connectivity index (χ0v) is 19.4. The molecule has 0 atom stereocenters. The van der Waals surface area contributed by atoms with Crippen LogP contribution >= 0.6 is 0 Å². The molecule has 3 nitrogen and oxygen atoms in total. The molecular weight excluding hydrogens is 404 g/mol. The Morgan fingerprint density at radius 1 is 0.576 bits per heavy atom. The van der Waals surface area contributed by atoms with Crippen LogP contribution in [-0.2, 0) is 0 Å². The molecule has 4 rings (SSSR count). The van der Waals surface area contributed by atoms with E-state index in [0.29, 0.717) is 0 Å². The minimum absolute atomic E-state index is 0.0752. The van der Waals surface area contributed by atoms with Crippen molar-refractivity contribution in [1.29, 1.82) is 0 Å². The predicted molar refractivity (Wildman–Crippen MR) is 140 cm³/mol. The maximum atomic E-state index is 11.8. The molecule has 0 aromatic heterocycles. The zero-order chi connectivity index (χ0) is 23.7. The minimum atomic E-state index is 0.0752. The maximum Gasteiger partial charge on any atom is 0.193 e. The van der Waals surface area contributed by atoms with Crippen molar-refractivity contribution in [1.82, 2.24) is 0 Å². The van der Waals surface area contributed by atoms with Gasteiger partial charge in [0.1, 0.15) is 0 Å². The summed E-state index contributed by atoms with van der Waals surface area (Å²) in [5.74, 6) is 0.0752. The molecule has 0 bridgehead atoms. The minimum Gasteiger partial charge on any atom is -0.331 e. The van der Waals surface area contributed by atoms with Crippen molar-refractivity contribution in [2.24, 2.45) is 10.7 Å². The number of aliphatic imine (C=N–C) groups is 1. The standard InChI is InChI=1S/C15H15N.C13H10O.C2H7N/c1-2-16-15(13-9-5-3-6-10-13)14-11-7-4-8-12-14;14-13(11-7-3-1-4-8-11)12-9-5-2-6-10-12;1-2-3/h3-12H,2H2,1H3;1-10H;2-3H2,1H3. The van der Waals surface area contributed by atoms with E-state index in [1.807, 2.05) is 104 Å². The molecule has 0 aliphatic rings. The lowest BCUT2D eigenvalue weighted by Gasteiger charge is -2.06. The Labute approximate surface area is 197 Å². The molecule has 2 N–H and O–H groups in total. The zero-order valence-electron chi connectivity index (χ0n) is 19.4. The van der Waals surface area contributed by atoms with Gasteiger partial charge in [0.15, 0.2) is 5.78 Å². The van der Waals surface area contributed by atoms with Crippen molar-refractivity contribution >= 4 is 11.5 Å². The number of ketones is 1. The van der Waals surface area contributed by atoms with Gasteiger partial charge < -0.3 is 5.73 Å². The van der Waals surface area contributed by atoms with Crippen LogP contribution < -0.4 is 5.73 Å². The molecule has 0 saturated heterocycles. The fourth-order valence-electron chi connectivity index (χ4n) is 3.05. The molecule has 3 heteroatoms. The van der Waals surface area contributed by atoms with Crippen LogP contribution in [0.25, 0.3) is 0 Å². The smallest absolute Gasteiger partial charge is 0.193 e. The van der Waals surface area contributed by atoms with Crippen LogP contribution in [0, 0.1) is 0 Å². The summed E-state index contributed by atoms with van der Waals surface area (Å²) >= 11 is 0. The van der Waals surface area contributed by atoms with E-state index >= 15 is 0 Å². The van der Waals surface area contributed by atoms with Gasteiger partial charge in [-0.3, -0.25) is 9.79 Å². The van der Waals surface area contributed by atoms with Crippen LogP contribution in [0.3, 0.4) is 0 Å². The second-order valence-electron chi connectivity index (χ2n) is 7.02.